The third-order valence-corrected chi connectivity index (χ3v) is 4.48. The lowest BCUT2D eigenvalue weighted by Gasteiger charge is -2.23. The lowest BCUT2D eigenvalue weighted by molar-refractivity contribution is 0.0778. The van der Waals surface area contributed by atoms with E-state index >= 15 is 0 Å². The first-order valence-corrected chi connectivity index (χ1v) is 6.84. The number of H-pyrrole nitrogens is 1. The summed E-state index contributed by atoms with van der Waals surface area (Å²) in [5.41, 5.74) is 6.07. The van der Waals surface area contributed by atoms with Gasteiger partial charge in [-0.1, -0.05) is 18.0 Å². The van der Waals surface area contributed by atoms with Gasteiger partial charge in [0.25, 0.3) is 5.91 Å². The fourth-order valence-corrected chi connectivity index (χ4v) is 3.52. The largest absolute Gasteiger partial charge is 0.336 e. The SMILES string of the molecule is NC12CCCC1CN(C(=O)c1cc(Cl)[nH]c(=O)c1)C2. The zero-order valence-electron chi connectivity index (χ0n) is 10.5. The molecule has 5 nitrogen and oxygen atoms in total. The molecule has 2 fully saturated rings. The van der Waals surface area contributed by atoms with Crippen molar-refractivity contribution in [2.75, 3.05) is 13.1 Å². The molecule has 0 radical (unpaired) electrons. The fraction of sp³-hybridized carbons (Fsp3) is 0.538. The van der Waals surface area contributed by atoms with Crippen molar-refractivity contribution >= 4 is 17.5 Å². The Balaban J connectivity index is 1.84. The Labute approximate surface area is 115 Å². The second-order valence-electron chi connectivity index (χ2n) is 5.59. The van der Waals surface area contributed by atoms with Gasteiger partial charge in [0.05, 0.1) is 0 Å². The van der Waals surface area contributed by atoms with Crippen LogP contribution >= 0.6 is 11.6 Å². The molecule has 6 heteroatoms. The maximum absolute atomic E-state index is 12.4. The molecule has 19 heavy (non-hydrogen) atoms. The molecule has 3 N–H and O–H groups in total. The van der Waals surface area contributed by atoms with Gasteiger partial charge in [0.15, 0.2) is 0 Å². The van der Waals surface area contributed by atoms with Crippen LogP contribution in [0.4, 0.5) is 0 Å². The van der Waals surface area contributed by atoms with Crippen molar-refractivity contribution in [3.05, 3.63) is 33.2 Å². The van der Waals surface area contributed by atoms with Gasteiger partial charge in [-0.2, -0.15) is 0 Å². The molecule has 0 bridgehead atoms. The smallest absolute Gasteiger partial charge is 0.254 e. The van der Waals surface area contributed by atoms with Crippen molar-refractivity contribution in [2.45, 2.75) is 24.8 Å². The lowest BCUT2D eigenvalue weighted by Crippen LogP contribution is -2.44. The summed E-state index contributed by atoms with van der Waals surface area (Å²) in [6, 6.07) is 2.77. The third-order valence-electron chi connectivity index (χ3n) is 4.28. The summed E-state index contributed by atoms with van der Waals surface area (Å²) in [4.78, 5) is 27.9. The van der Waals surface area contributed by atoms with Crippen LogP contribution in [-0.2, 0) is 0 Å². The van der Waals surface area contributed by atoms with Crippen molar-refractivity contribution in [1.29, 1.82) is 0 Å². The number of hydrogen-bond donors (Lipinski definition) is 2. The minimum Gasteiger partial charge on any atom is -0.336 e. The molecule has 1 saturated heterocycles. The van der Waals surface area contributed by atoms with E-state index in [1.165, 1.54) is 12.1 Å². The molecular formula is C13H16ClN3O2. The second-order valence-corrected chi connectivity index (χ2v) is 6.00. The molecule has 2 atom stereocenters. The van der Waals surface area contributed by atoms with Gasteiger partial charge in [-0.05, 0) is 24.8 Å². The number of halogens is 1. The lowest BCUT2D eigenvalue weighted by atomic mass is 9.92. The van der Waals surface area contributed by atoms with Crippen LogP contribution in [0.3, 0.4) is 0 Å². The van der Waals surface area contributed by atoms with E-state index in [2.05, 4.69) is 4.98 Å². The molecule has 3 rings (SSSR count). The van der Waals surface area contributed by atoms with E-state index in [0.29, 0.717) is 24.6 Å². The maximum atomic E-state index is 12.4. The number of pyridine rings is 1. The zero-order chi connectivity index (χ0) is 13.6. The highest BCUT2D eigenvalue weighted by molar-refractivity contribution is 6.29. The van der Waals surface area contributed by atoms with E-state index in [-0.39, 0.29) is 22.2 Å². The normalized spacial score (nSPS) is 29.6. The predicted molar refractivity (Wildman–Crippen MR) is 72.2 cm³/mol. The van der Waals surface area contributed by atoms with Crippen molar-refractivity contribution in [3.8, 4) is 0 Å². The molecule has 1 amide bonds. The summed E-state index contributed by atoms with van der Waals surface area (Å²) in [5, 5.41) is 0.178. The highest BCUT2D eigenvalue weighted by Crippen LogP contribution is 2.39. The monoisotopic (exact) mass is 281 g/mol. The highest BCUT2D eigenvalue weighted by atomic mass is 35.5. The van der Waals surface area contributed by atoms with Gasteiger partial charge < -0.3 is 15.6 Å². The van der Waals surface area contributed by atoms with E-state index in [4.69, 9.17) is 17.3 Å². The standard InChI is InChI=1S/C13H16ClN3O2/c14-10-4-8(5-11(18)16-10)12(19)17-6-9-2-1-3-13(9,15)7-17/h4-5,9H,1-3,6-7,15H2,(H,16,18). The van der Waals surface area contributed by atoms with Gasteiger partial charge in [-0.15, -0.1) is 0 Å². The number of likely N-dealkylation sites (tertiary alicyclic amines) is 1. The van der Waals surface area contributed by atoms with Crippen LogP contribution in [0.25, 0.3) is 0 Å². The molecule has 1 aromatic rings. The average Bonchev–Trinajstić information content (AvgIpc) is 2.81. The zero-order valence-corrected chi connectivity index (χ0v) is 11.2. The number of carbonyl (C=O) groups excluding carboxylic acids is 1. The minimum atomic E-state index is -0.363. The van der Waals surface area contributed by atoms with Gasteiger partial charge in [0.1, 0.15) is 5.15 Å². The molecule has 1 aliphatic heterocycles. The van der Waals surface area contributed by atoms with Crippen LogP contribution in [0.1, 0.15) is 29.6 Å². The Bertz CT molecular complexity index is 585. The van der Waals surface area contributed by atoms with Crippen LogP contribution < -0.4 is 11.3 Å². The Morgan fingerprint density at radius 1 is 1.53 bits per heavy atom. The Kier molecular flexibility index (Phi) is 2.91. The molecular weight excluding hydrogens is 266 g/mol. The Morgan fingerprint density at radius 2 is 2.32 bits per heavy atom. The molecule has 0 aromatic carbocycles. The number of hydrogen-bond acceptors (Lipinski definition) is 3. The quantitative estimate of drug-likeness (QED) is 0.753. The summed E-state index contributed by atoms with van der Waals surface area (Å²) in [6.07, 6.45) is 3.19. The van der Waals surface area contributed by atoms with E-state index in [9.17, 15) is 9.59 Å². The number of aromatic amines is 1. The summed E-state index contributed by atoms with van der Waals surface area (Å²) < 4.78 is 0. The predicted octanol–water partition coefficient (Wildman–Crippen LogP) is 0.982. The first-order valence-electron chi connectivity index (χ1n) is 6.46. The Morgan fingerprint density at radius 3 is 3.00 bits per heavy atom. The number of aromatic nitrogens is 1. The van der Waals surface area contributed by atoms with Crippen LogP contribution in [0.5, 0.6) is 0 Å². The number of nitrogens with one attached hydrogen (secondary N) is 1. The fourth-order valence-electron chi connectivity index (χ4n) is 3.31. The number of amides is 1. The first-order chi connectivity index (χ1) is 8.98. The van der Waals surface area contributed by atoms with Crippen molar-refractivity contribution < 1.29 is 4.79 Å². The molecule has 2 unspecified atom stereocenters. The molecule has 1 aromatic heterocycles. The van der Waals surface area contributed by atoms with Gasteiger partial charge in [-0.25, -0.2) is 0 Å². The minimum absolute atomic E-state index is 0.160. The molecule has 0 spiro atoms. The topological polar surface area (TPSA) is 79.2 Å². The summed E-state index contributed by atoms with van der Waals surface area (Å²) in [5.74, 6) is 0.223. The van der Waals surface area contributed by atoms with Crippen LogP contribution in [0.2, 0.25) is 5.15 Å². The molecule has 2 heterocycles. The van der Waals surface area contributed by atoms with Gasteiger partial charge in [-0.3, -0.25) is 9.59 Å². The highest BCUT2D eigenvalue weighted by Gasteiger charge is 2.47. The van der Waals surface area contributed by atoms with Crippen LogP contribution in [0, 0.1) is 5.92 Å². The Hall–Kier alpha value is -1.33. The van der Waals surface area contributed by atoms with Gasteiger partial charge >= 0.3 is 0 Å². The molecule has 1 saturated carbocycles. The number of rotatable bonds is 1. The average molecular weight is 282 g/mol. The van der Waals surface area contributed by atoms with Crippen molar-refractivity contribution in [1.82, 2.24) is 9.88 Å². The molecule has 102 valence electrons. The number of nitrogens with zero attached hydrogens (tertiary/aromatic N) is 1. The van der Waals surface area contributed by atoms with E-state index in [1.54, 1.807) is 4.90 Å². The van der Waals surface area contributed by atoms with E-state index < -0.39 is 0 Å². The first kappa shape index (κ1) is 12.7. The van der Waals surface area contributed by atoms with E-state index in [0.717, 1.165) is 19.3 Å². The maximum Gasteiger partial charge on any atom is 0.254 e. The molecule has 1 aliphatic carbocycles. The van der Waals surface area contributed by atoms with Crippen LogP contribution in [-0.4, -0.2) is 34.4 Å². The summed E-state index contributed by atoms with van der Waals surface area (Å²) in [6.45, 7) is 1.25. The number of nitrogens with two attached hydrogens (primary N) is 1. The summed E-state index contributed by atoms with van der Waals surface area (Å²) in [7, 11) is 0. The third kappa shape index (κ3) is 2.17. The number of fused-ring (bicyclic) bond motifs is 1. The van der Waals surface area contributed by atoms with Crippen molar-refractivity contribution in [3.63, 3.8) is 0 Å². The van der Waals surface area contributed by atoms with Crippen molar-refractivity contribution in [2.24, 2.45) is 11.7 Å². The summed E-state index contributed by atoms with van der Waals surface area (Å²) >= 11 is 5.77. The van der Waals surface area contributed by atoms with Crippen LogP contribution in [0.15, 0.2) is 16.9 Å². The van der Waals surface area contributed by atoms with E-state index in [1.807, 2.05) is 0 Å². The molecule has 2 aliphatic rings. The van der Waals surface area contributed by atoms with Gasteiger partial charge in [0.2, 0.25) is 5.56 Å². The van der Waals surface area contributed by atoms with Gasteiger partial charge in [0, 0.05) is 30.3 Å². The second kappa shape index (κ2) is 4.35. The number of carbonyl (C=O) groups is 1.